The minimum atomic E-state index is -0.557. The van der Waals surface area contributed by atoms with Crippen LogP contribution in [0.5, 0.6) is 11.6 Å². The van der Waals surface area contributed by atoms with Gasteiger partial charge in [-0.3, -0.25) is 14.8 Å². The summed E-state index contributed by atoms with van der Waals surface area (Å²) in [5.41, 5.74) is -0.0880. The largest absolute Gasteiger partial charge is 0.493 e. The lowest BCUT2D eigenvalue weighted by Gasteiger charge is -2.46. The summed E-state index contributed by atoms with van der Waals surface area (Å²) in [6.07, 6.45) is 0. The monoisotopic (exact) mass is 300 g/mol. The SMILES string of the molecule is CC1(C)Oc2[nH]c(=O)[nH]c(=O)c2[C@H]2c3ccccc3OC[C@H]21. The summed E-state index contributed by atoms with van der Waals surface area (Å²) >= 11 is 0. The number of hydrogen-bond acceptors (Lipinski definition) is 4. The van der Waals surface area contributed by atoms with Crippen molar-refractivity contribution in [3.63, 3.8) is 0 Å². The van der Waals surface area contributed by atoms with Gasteiger partial charge in [-0.05, 0) is 19.9 Å². The number of para-hydroxylation sites is 1. The third-order valence-electron chi connectivity index (χ3n) is 4.59. The molecule has 1 aromatic heterocycles. The zero-order chi connectivity index (χ0) is 15.5. The molecule has 22 heavy (non-hydrogen) atoms. The van der Waals surface area contributed by atoms with Gasteiger partial charge in [0.2, 0.25) is 5.88 Å². The van der Waals surface area contributed by atoms with Crippen LogP contribution in [0.3, 0.4) is 0 Å². The molecule has 0 unspecified atom stereocenters. The van der Waals surface area contributed by atoms with Crippen LogP contribution in [0.1, 0.15) is 30.9 Å². The molecule has 0 amide bonds. The van der Waals surface area contributed by atoms with Gasteiger partial charge in [-0.15, -0.1) is 0 Å². The van der Waals surface area contributed by atoms with Crippen LogP contribution in [0.15, 0.2) is 33.9 Å². The molecule has 0 spiro atoms. The molecule has 0 saturated carbocycles. The van der Waals surface area contributed by atoms with Crippen LogP contribution in [0.4, 0.5) is 0 Å². The number of hydrogen-bond donors (Lipinski definition) is 2. The molecule has 1 aromatic carbocycles. The molecule has 2 aliphatic heterocycles. The Morgan fingerprint density at radius 3 is 2.77 bits per heavy atom. The van der Waals surface area contributed by atoms with Crippen molar-refractivity contribution in [3.05, 3.63) is 56.2 Å². The smallest absolute Gasteiger partial charge is 0.328 e. The first-order valence-corrected chi connectivity index (χ1v) is 7.24. The van der Waals surface area contributed by atoms with Crippen molar-refractivity contribution in [1.82, 2.24) is 9.97 Å². The van der Waals surface area contributed by atoms with Crippen molar-refractivity contribution < 1.29 is 9.47 Å². The molecule has 0 saturated heterocycles. The quantitative estimate of drug-likeness (QED) is 0.769. The maximum Gasteiger partial charge on any atom is 0.328 e. The second-order valence-electron chi connectivity index (χ2n) is 6.29. The van der Waals surface area contributed by atoms with Crippen molar-refractivity contribution in [2.45, 2.75) is 25.4 Å². The van der Waals surface area contributed by atoms with E-state index in [9.17, 15) is 9.59 Å². The molecular formula is C16H16N2O4. The van der Waals surface area contributed by atoms with Crippen LogP contribution in [0.25, 0.3) is 0 Å². The van der Waals surface area contributed by atoms with E-state index in [1.165, 1.54) is 0 Å². The first kappa shape index (κ1) is 13.2. The molecule has 0 aliphatic carbocycles. The topological polar surface area (TPSA) is 84.2 Å². The second-order valence-corrected chi connectivity index (χ2v) is 6.29. The Hall–Kier alpha value is -2.50. The minimum absolute atomic E-state index is 0.0121. The predicted octanol–water partition coefficient (Wildman–Crippen LogP) is 1.37. The highest BCUT2D eigenvalue weighted by Crippen LogP contribution is 2.50. The summed E-state index contributed by atoms with van der Waals surface area (Å²) < 4.78 is 11.8. The summed E-state index contributed by atoms with van der Waals surface area (Å²) in [6, 6.07) is 7.68. The zero-order valence-corrected chi connectivity index (χ0v) is 12.3. The average Bonchev–Trinajstić information content (AvgIpc) is 2.45. The molecule has 114 valence electrons. The van der Waals surface area contributed by atoms with E-state index >= 15 is 0 Å². The lowest BCUT2D eigenvalue weighted by molar-refractivity contribution is -0.0184. The maximum absolute atomic E-state index is 12.4. The van der Waals surface area contributed by atoms with Gasteiger partial charge in [0.15, 0.2) is 0 Å². The van der Waals surface area contributed by atoms with E-state index in [1.54, 1.807) is 0 Å². The van der Waals surface area contributed by atoms with E-state index in [0.29, 0.717) is 12.2 Å². The summed E-state index contributed by atoms with van der Waals surface area (Å²) in [5, 5.41) is 0. The van der Waals surface area contributed by atoms with E-state index < -0.39 is 16.9 Å². The third kappa shape index (κ3) is 1.73. The summed E-state index contributed by atoms with van der Waals surface area (Å²) in [7, 11) is 0. The summed E-state index contributed by atoms with van der Waals surface area (Å²) in [4.78, 5) is 28.8. The average molecular weight is 300 g/mol. The number of aromatic amines is 2. The van der Waals surface area contributed by atoms with Crippen LogP contribution < -0.4 is 20.7 Å². The van der Waals surface area contributed by atoms with Gasteiger partial charge in [0.1, 0.15) is 11.4 Å². The van der Waals surface area contributed by atoms with Crippen LogP contribution in [-0.4, -0.2) is 22.2 Å². The van der Waals surface area contributed by atoms with Crippen LogP contribution in [-0.2, 0) is 0 Å². The number of benzene rings is 1. The third-order valence-corrected chi connectivity index (χ3v) is 4.59. The van der Waals surface area contributed by atoms with Gasteiger partial charge in [0.05, 0.1) is 12.2 Å². The molecule has 2 aliphatic rings. The van der Waals surface area contributed by atoms with E-state index in [4.69, 9.17) is 9.47 Å². The van der Waals surface area contributed by atoms with Crippen molar-refractivity contribution in [2.24, 2.45) is 5.92 Å². The van der Waals surface area contributed by atoms with Crippen molar-refractivity contribution in [1.29, 1.82) is 0 Å². The van der Waals surface area contributed by atoms with Gasteiger partial charge in [-0.1, -0.05) is 18.2 Å². The van der Waals surface area contributed by atoms with E-state index in [-0.39, 0.29) is 17.7 Å². The zero-order valence-electron chi connectivity index (χ0n) is 12.3. The Labute approximate surface area is 126 Å². The van der Waals surface area contributed by atoms with Crippen molar-refractivity contribution in [3.8, 4) is 11.6 Å². The van der Waals surface area contributed by atoms with Crippen molar-refractivity contribution in [2.75, 3.05) is 6.61 Å². The van der Waals surface area contributed by atoms with Crippen molar-refractivity contribution >= 4 is 0 Å². The number of ether oxygens (including phenoxy) is 2. The molecule has 0 fully saturated rings. The van der Waals surface area contributed by atoms with Gasteiger partial charge >= 0.3 is 5.69 Å². The number of fused-ring (bicyclic) bond motifs is 5. The van der Waals surface area contributed by atoms with Crippen LogP contribution in [0.2, 0.25) is 0 Å². The van der Waals surface area contributed by atoms with Crippen LogP contribution >= 0.6 is 0 Å². The standard InChI is InChI=1S/C16H16N2O4/c1-16(2)9-7-21-10-6-4-3-5-8(10)11(9)12-13(19)17-15(20)18-14(12)22-16/h3-6,9,11H,7H2,1-2H3,(H2,17,18,19,20)/t9-,11+/m1/s1. The van der Waals surface area contributed by atoms with Crippen LogP contribution in [0, 0.1) is 5.92 Å². The van der Waals surface area contributed by atoms with Gasteiger partial charge in [0, 0.05) is 17.4 Å². The molecule has 2 atom stereocenters. The highest BCUT2D eigenvalue weighted by molar-refractivity contribution is 5.48. The normalized spacial score (nSPS) is 24.3. The molecule has 0 bridgehead atoms. The Morgan fingerprint density at radius 1 is 1.18 bits per heavy atom. The van der Waals surface area contributed by atoms with E-state index in [2.05, 4.69) is 9.97 Å². The minimum Gasteiger partial charge on any atom is -0.493 e. The molecule has 0 radical (unpaired) electrons. The number of H-pyrrole nitrogens is 2. The highest BCUT2D eigenvalue weighted by Gasteiger charge is 2.49. The fraction of sp³-hybridized carbons (Fsp3) is 0.375. The van der Waals surface area contributed by atoms with E-state index in [1.807, 2.05) is 38.1 Å². The number of rotatable bonds is 0. The molecule has 2 aromatic rings. The van der Waals surface area contributed by atoms with Gasteiger partial charge in [0.25, 0.3) is 5.56 Å². The fourth-order valence-corrected chi connectivity index (χ4v) is 3.50. The molecule has 2 N–H and O–H groups in total. The second kappa shape index (κ2) is 4.25. The molecule has 3 heterocycles. The van der Waals surface area contributed by atoms with E-state index in [0.717, 1.165) is 11.3 Å². The predicted molar refractivity (Wildman–Crippen MR) is 79.7 cm³/mol. The molecule has 6 heteroatoms. The lowest BCUT2D eigenvalue weighted by Crippen LogP contribution is -2.51. The molecule has 6 nitrogen and oxygen atoms in total. The Bertz CT molecular complexity index is 865. The Kier molecular flexibility index (Phi) is 2.55. The maximum atomic E-state index is 12.4. The molecule has 4 rings (SSSR count). The Morgan fingerprint density at radius 2 is 1.95 bits per heavy atom. The van der Waals surface area contributed by atoms with Gasteiger partial charge < -0.3 is 9.47 Å². The summed E-state index contributed by atoms with van der Waals surface area (Å²) in [6.45, 7) is 4.36. The lowest BCUT2D eigenvalue weighted by atomic mass is 9.71. The highest BCUT2D eigenvalue weighted by atomic mass is 16.5. The summed E-state index contributed by atoms with van der Waals surface area (Å²) in [5.74, 6) is 0.862. The Balaban J connectivity index is 2.04. The van der Waals surface area contributed by atoms with Gasteiger partial charge in [-0.2, -0.15) is 0 Å². The molecular weight excluding hydrogens is 284 g/mol. The first-order valence-electron chi connectivity index (χ1n) is 7.24. The first-order chi connectivity index (χ1) is 10.5. The van der Waals surface area contributed by atoms with Gasteiger partial charge in [-0.25, -0.2) is 4.79 Å². The fourth-order valence-electron chi connectivity index (χ4n) is 3.50. The number of aromatic nitrogens is 2. The number of nitrogens with one attached hydrogen (secondary N) is 2.